The SMILES string of the molecule is COc1ccc2c(c1)C(C(=O)O)CN(C(C)=O)C2. The Morgan fingerprint density at radius 3 is 2.72 bits per heavy atom. The van der Waals surface area contributed by atoms with Gasteiger partial charge < -0.3 is 14.7 Å². The molecule has 0 saturated carbocycles. The van der Waals surface area contributed by atoms with Crippen LogP contribution >= 0.6 is 0 Å². The largest absolute Gasteiger partial charge is 0.497 e. The molecular weight excluding hydrogens is 234 g/mol. The van der Waals surface area contributed by atoms with Gasteiger partial charge in [0.15, 0.2) is 0 Å². The van der Waals surface area contributed by atoms with E-state index in [0.717, 1.165) is 11.1 Å². The van der Waals surface area contributed by atoms with Crippen molar-refractivity contribution in [1.82, 2.24) is 4.90 Å². The monoisotopic (exact) mass is 249 g/mol. The van der Waals surface area contributed by atoms with Crippen molar-refractivity contribution < 1.29 is 19.4 Å². The first-order valence-electron chi connectivity index (χ1n) is 5.68. The first-order chi connectivity index (χ1) is 8.52. The van der Waals surface area contributed by atoms with E-state index in [1.807, 2.05) is 6.07 Å². The number of hydrogen-bond donors (Lipinski definition) is 1. The van der Waals surface area contributed by atoms with Crippen LogP contribution in [0, 0.1) is 0 Å². The van der Waals surface area contributed by atoms with Crippen molar-refractivity contribution in [3.05, 3.63) is 29.3 Å². The molecule has 0 aliphatic carbocycles. The van der Waals surface area contributed by atoms with Gasteiger partial charge in [-0.25, -0.2) is 0 Å². The van der Waals surface area contributed by atoms with Crippen molar-refractivity contribution in [2.45, 2.75) is 19.4 Å². The lowest BCUT2D eigenvalue weighted by Gasteiger charge is -2.32. The number of benzene rings is 1. The van der Waals surface area contributed by atoms with Crippen molar-refractivity contribution in [1.29, 1.82) is 0 Å². The van der Waals surface area contributed by atoms with Crippen LogP contribution in [-0.2, 0) is 16.1 Å². The number of nitrogens with zero attached hydrogens (tertiary/aromatic N) is 1. The van der Waals surface area contributed by atoms with Gasteiger partial charge in [-0.2, -0.15) is 0 Å². The Bertz CT molecular complexity index is 498. The molecule has 1 heterocycles. The summed E-state index contributed by atoms with van der Waals surface area (Å²) in [5.74, 6) is -1.08. The normalized spacial score (nSPS) is 18.1. The number of amides is 1. The zero-order valence-electron chi connectivity index (χ0n) is 10.3. The minimum Gasteiger partial charge on any atom is -0.497 e. The number of hydrogen-bond acceptors (Lipinski definition) is 3. The van der Waals surface area contributed by atoms with E-state index >= 15 is 0 Å². The van der Waals surface area contributed by atoms with Crippen LogP contribution in [0.25, 0.3) is 0 Å². The van der Waals surface area contributed by atoms with E-state index in [4.69, 9.17) is 4.74 Å². The van der Waals surface area contributed by atoms with E-state index in [1.165, 1.54) is 6.92 Å². The number of carbonyl (C=O) groups is 2. The van der Waals surface area contributed by atoms with Crippen LogP contribution in [0.2, 0.25) is 0 Å². The van der Waals surface area contributed by atoms with Gasteiger partial charge in [0.2, 0.25) is 5.91 Å². The summed E-state index contributed by atoms with van der Waals surface area (Å²) in [5.41, 5.74) is 1.60. The summed E-state index contributed by atoms with van der Waals surface area (Å²) in [6.45, 7) is 2.12. The highest BCUT2D eigenvalue weighted by Gasteiger charge is 2.31. The second kappa shape index (κ2) is 4.68. The predicted octanol–water partition coefficient (Wildman–Crippen LogP) is 1.23. The summed E-state index contributed by atoms with van der Waals surface area (Å²) in [7, 11) is 1.54. The van der Waals surface area contributed by atoms with Gasteiger partial charge >= 0.3 is 5.97 Å². The highest BCUT2D eigenvalue weighted by atomic mass is 16.5. The van der Waals surface area contributed by atoms with E-state index in [-0.39, 0.29) is 12.5 Å². The third-order valence-electron chi connectivity index (χ3n) is 3.24. The summed E-state index contributed by atoms with van der Waals surface area (Å²) >= 11 is 0. The molecule has 1 aliphatic rings. The van der Waals surface area contributed by atoms with Gasteiger partial charge in [0.25, 0.3) is 0 Å². The number of fused-ring (bicyclic) bond motifs is 1. The molecule has 1 N–H and O–H groups in total. The van der Waals surface area contributed by atoms with Crippen LogP contribution in [-0.4, -0.2) is 35.5 Å². The third-order valence-corrected chi connectivity index (χ3v) is 3.24. The van der Waals surface area contributed by atoms with E-state index < -0.39 is 11.9 Å². The molecule has 5 nitrogen and oxygen atoms in total. The Kier molecular flexibility index (Phi) is 3.23. The van der Waals surface area contributed by atoms with Gasteiger partial charge in [-0.1, -0.05) is 6.07 Å². The fourth-order valence-electron chi connectivity index (χ4n) is 2.21. The van der Waals surface area contributed by atoms with Gasteiger partial charge in [0.1, 0.15) is 5.75 Å². The fourth-order valence-corrected chi connectivity index (χ4v) is 2.21. The number of aliphatic carboxylic acids is 1. The maximum Gasteiger partial charge on any atom is 0.312 e. The molecule has 1 atom stereocenters. The zero-order valence-corrected chi connectivity index (χ0v) is 10.3. The van der Waals surface area contributed by atoms with Gasteiger partial charge in [-0.15, -0.1) is 0 Å². The molecule has 18 heavy (non-hydrogen) atoms. The molecule has 1 unspecified atom stereocenters. The number of methoxy groups -OCH3 is 1. The van der Waals surface area contributed by atoms with Gasteiger partial charge in [0.05, 0.1) is 13.0 Å². The first-order valence-corrected chi connectivity index (χ1v) is 5.68. The number of carboxylic acids is 1. The lowest BCUT2D eigenvalue weighted by molar-refractivity contribution is -0.141. The van der Waals surface area contributed by atoms with E-state index in [0.29, 0.717) is 12.3 Å². The van der Waals surface area contributed by atoms with Crippen molar-refractivity contribution in [3.8, 4) is 5.75 Å². The lowest BCUT2D eigenvalue weighted by atomic mass is 9.89. The van der Waals surface area contributed by atoms with Crippen LogP contribution in [0.3, 0.4) is 0 Å². The van der Waals surface area contributed by atoms with Crippen LogP contribution in [0.1, 0.15) is 24.0 Å². The molecule has 1 aliphatic heterocycles. The molecule has 0 radical (unpaired) electrons. The van der Waals surface area contributed by atoms with Crippen molar-refractivity contribution in [2.75, 3.05) is 13.7 Å². The molecule has 0 aromatic heterocycles. The standard InChI is InChI=1S/C13H15NO4/c1-8(15)14-6-9-3-4-10(18-2)5-11(9)12(7-14)13(16)17/h3-5,12H,6-7H2,1-2H3,(H,16,17). The minimum absolute atomic E-state index is 0.109. The quantitative estimate of drug-likeness (QED) is 0.856. The Hall–Kier alpha value is -2.04. The van der Waals surface area contributed by atoms with E-state index in [1.54, 1.807) is 24.1 Å². The second-order valence-corrected chi connectivity index (χ2v) is 4.36. The minimum atomic E-state index is -0.921. The van der Waals surface area contributed by atoms with E-state index in [9.17, 15) is 14.7 Å². The van der Waals surface area contributed by atoms with Gasteiger partial charge in [-0.05, 0) is 23.3 Å². The smallest absolute Gasteiger partial charge is 0.312 e. The van der Waals surface area contributed by atoms with Crippen LogP contribution in [0.5, 0.6) is 5.75 Å². The van der Waals surface area contributed by atoms with Crippen molar-refractivity contribution in [2.24, 2.45) is 0 Å². The molecule has 1 aromatic rings. The Morgan fingerprint density at radius 2 is 2.17 bits per heavy atom. The molecule has 1 aromatic carbocycles. The predicted molar refractivity (Wildman–Crippen MR) is 64.5 cm³/mol. The molecule has 0 fully saturated rings. The average Bonchev–Trinajstić information content (AvgIpc) is 2.36. The Morgan fingerprint density at radius 1 is 1.44 bits per heavy atom. The lowest BCUT2D eigenvalue weighted by Crippen LogP contribution is -2.39. The van der Waals surface area contributed by atoms with Crippen molar-refractivity contribution in [3.63, 3.8) is 0 Å². The fraction of sp³-hybridized carbons (Fsp3) is 0.385. The van der Waals surface area contributed by atoms with E-state index in [2.05, 4.69) is 0 Å². The summed E-state index contributed by atoms with van der Waals surface area (Å²) in [6, 6.07) is 5.34. The average molecular weight is 249 g/mol. The summed E-state index contributed by atoms with van der Waals surface area (Å²) in [5, 5.41) is 9.27. The molecule has 0 bridgehead atoms. The van der Waals surface area contributed by atoms with Gasteiger partial charge in [0, 0.05) is 20.0 Å². The molecule has 96 valence electrons. The molecule has 0 saturated heterocycles. The molecule has 2 rings (SSSR count). The Balaban J connectivity index is 2.44. The number of rotatable bonds is 2. The third kappa shape index (κ3) is 2.16. The van der Waals surface area contributed by atoms with Crippen LogP contribution in [0.15, 0.2) is 18.2 Å². The second-order valence-electron chi connectivity index (χ2n) is 4.36. The maximum absolute atomic E-state index is 11.4. The van der Waals surface area contributed by atoms with Crippen molar-refractivity contribution >= 4 is 11.9 Å². The maximum atomic E-state index is 11.4. The summed E-state index contributed by atoms with van der Waals surface area (Å²) < 4.78 is 5.11. The summed E-state index contributed by atoms with van der Waals surface area (Å²) in [6.07, 6.45) is 0. The van der Waals surface area contributed by atoms with Crippen LogP contribution < -0.4 is 4.74 Å². The zero-order chi connectivity index (χ0) is 13.3. The highest BCUT2D eigenvalue weighted by molar-refractivity contribution is 5.80. The molecule has 5 heteroatoms. The molecular formula is C13H15NO4. The molecule has 1 amide bonds. The number of carboxylic acid groups (broad SMARTS) is 1. The van der Waals surface area contributed by atoms with Gasteiger partial charge in [-0.3, -0.25) is 9.59 Å². The molecule has 0 spiro atoms. The first kappa shape index (κ1) is 12.4. The van der Waals surface area contributed by atoms with Crippen LogP contribution in [0.4, 0.5) is 0 Å². The highest BCUT2D eigenvalue weighted by Crippen LogP contribution is 2.31. The number of carbonyl (C=O) groups excluding carboxylic acids is 1. The number of ether oxygens (including phenoxy) is 1. The Labute approximate surface area is 105 Å². The summed E-state index contributed by atoms with van der Waals surface area (Å²) in [4.78, 5) is 24.3. The topological polar surface area (TPSA) is 66.8 Å².